The molecule has 4 heteroatoms. The third-order valence-corrected chi connectivity index (χ3v) is 3.63. The van der Waals surface area contributed by atoms with E-state index in [9.17, 15) is 8.42 Å². The van der Waals surface area contributed by atoms with Gasteiger partial charge in [0.25, 0.3) is 0 Å². The molecule has 1 aromatic rings. The lowest BCUT2D eigenvalue weighted by Crippen LogP contribution is -2.22. The first-order valence-corrected chi connectivity index (χ1v) is 6.38. The minimum absolute atomic E-state index is 0.336. The van der Waals surface area contributed by atoms with Gasteiger partial charge >= 0.3 is 0 Å². The lowest BCUT2D eigenvalue weighted by atomic mass is 10.2. The second kappa shape index (κ2) is 5.88. The van der Waals surface area contributed by atoms with Crippen molar-refractivity contribution < 1.29 is 8.42 Å². The predicted molar refractivity (Wildman–Crippen MR) is 63.4 cm³/mol. The topological polar surface area (TPSA) is 37.4 Å². The average molecular weight is 229 g/mol. The molecule has 86 valence electrons. The van der Waals surface area contributed by atoms with Crippen LogP contribution in [0.2, 0.25) is 0 Å². The molecule has 0 bridgehead atoms. The first-order chi connectivity index (χ1) is 6.94. The molecule has 1 rings (SSSR count). The molecule has 0 aliphatic carbocycles. The van der Waals surface area contributed by atoms with Gasteiger partial charge in [-0.15, -0.1) is 0 Å². The molecule has 0 aliphatic rings. The Hall–Kier alpha value is -0.870. The fourth-order valence-electron chi connectivity index (χ4n) is 0.921. The van der Waals surface area contributed by atoms with E-state index in [1.54, 1.807) is 24.3 Å². The van der Waals surface area contributed by atoms with Crippen LogP contribution in [0.4, 0.5) is 0 Å². The van der Waals surface area contributed by atoms with Crippen molar-refractivity contribution in [2.75, 3.05) is 14.1 Å². The predicted octanol–water partition coefficient (Wildman–Crippen LogP) is 2.27. The Bertz CT molecular complexity index is 380. The zero-order valence-electron chi connectivity index (χ0n) is 9.98. The van der Waals surface area contributed by atoms with Crippen LogP contribution in [0.25, 0.3) is 0 Å². The molecule has 0 spiro atoms. The van der Waals surface area contributed by atoms with Crippen molar-refractivity contribution in [3.05, 3.63) is 29.8 Å². The summed E-state index contributed by atoms with van der Waals surface area (Å²) in [5.74, 6) is 0. The van der Waals surface area contributed by atoms with Crippen molar-refractivity contribution in [3.8, 4) is 0 Å². The minimum Gasteiger partial charge on any atom is -0.207 e. The molecule has 0 aromatic heterocycles. The monoisotopic (exact) mass is 229 g/mol. The van der Waals surface area contributed by atoms with E-state index in [1.165, 1.54) is 18.4 Å². The van der Waals surface area contributed by atoms with Crippen molar-refractivity contribution >= 4 is 10.0 Å². The van der Waals surface area contributed by atoms with Gasteiger partial charge in [-0.1, -0.05) is 31.5 Å². The number of aryl methyl sites for hydroxylation is 1. The summed E-state index contributed by atoms with van der Waals surface area (Å²) in [6.07, 6.45) is 0. The molecule has 0 aliphatic heterocycles. The lowest BCUT2D eigenvalue weighted by molar-refractivity contribution is 0.521. The Kier molecular flexibility index (Phi) is 5.54. The van der Waals surface area contributed by atoms with Gasteiger partial charge in [0.1, 0.15) is 0 Å². The van der Waals surface area contributed by atoms with Crippen LogP contribution < -0.4 is 0 Å². The van der Waals surface area contributed by atoms with Gasteiger partial charge in [-0.25, -0.2) is 12.7 Å². The summed E-state index contributed by atoms with van der Waals surface area (Å²) < 4.78 is 24.3. The molecule has 0 unspecified atom stereocenters. The normalized spacial score (nSPS) is 10.8. The molecule has 0 heterocycles. The number of benzene rings is 1. The summed E-state index contributed by atoms with van der Waals surface area (Å²) in [6.45, 7) is 5.92. The second-order valence-corrected chi connectivity index (χ2v) is 5.25. The molecular weight excluding hydrogens is 210 g/mol. The fraction of sp³-hybridized carbons (Fsp3) is 0.455. The summed E-state index contributed by atoms with van der Waals surface area (Å²) >= 11 is 0. The van der Waals surface area contributed by atoms with Gasteiger partial charge in [-0.2, -0.15) is 0 Å². The minimum atomic E-state index is -3.26. The molecule has 3 nitrogen and oxygen atoms in total. The maximum absolute atomic E-state index is 11.6. The van der Waals surface area contributed by atoms with Gasteiger partial charge < -0.3 is 0 Å². The van der Waals surface area contributed by atoms with Crippen molar-refractivity contribution in [1.29, 1.82) is 0 Å². The van der Waals surface area contributed by atoms with E-state index >= 15 is 0 Å². The summed E-state index contributed by atoms with van der Waals surface area (Å²) in [6, 6.07) is 6.81. The quantitative estimate of drug-likeness (QED) is 0.780. The highest BCUT2D eigenvalue weighted by Gasteiger charge is 2.15. The summed E-state index contributed by atoms with van der Waals surface area (Å²) in [7, 11) is -0.214. The number of sulfonamides is 1. The fourth-order valence-corrected chi connectivity index (χ4v) is 1.82. The second-order valence-electron chi connectivity index (χ2n) is 3.10. The van der Waals surface area contributed by atoms with E-state index in [0.29, 0.717) is 4.90 Å². The summed E-state index contributed by atoms with van der Waals surface area (Å²) in [5, 5.41) is 0. The van der Waals surface area contributed by atoms with E-state index in [1.807, 2.05) is 20.8 Å². The van der Waals surface area contributed by atoms with Crippen molar-refractivity contribution in [2.24, 2.45) is 0 Å². The molecule has 0 N–H and O–H groups in total. The largest absolute Gasteiger partial charge is 0.242 e. The molecule has 0 radical (unpaired) electrons. The first-order valence-electron chi connectivity index (χ1n) is 4.94. The van der Waals surface area contributed by atoms with E-state index in [0.717, 1.165) is 5.56 Å². The molecule has 0 amide bonds. The molecule has 0 saturated carbocycles. The van der Waals surface area contributed by atoms with Crippen LogP contribution >= 0.6 is 0 Å². The summed E-state index contributed by atoms with van der Waals surface area (Å²) in [5.41, 5.74) is 1.05. The maximum atomic E-state index is 11.6. The zero-order valence-corrected chi connectivity index (χ0v) is 10.8. The van der Waals surface area contributed by atoms with Crippen molar-refractivity contribution in [1.82, 2.24) is 4.31 Å². The average Bonchev–Trinajstić information content (AvgIpc) is 2.21. The van der Waals surface area contributed by atoms with Crippen LogP contribution in [0.5, 0.6) is 0 Å². The third-order valence-electron chi connectivity index (χ3n) is 1.80. The Morgan fingerprint density at radius 3 is 1.73 bits per heavy atom. The number of rotatable bonds is 2. The smallest absolute Gasteiger partial charge is 0.207 e. The zero-order chi connectivity index (χ0) is 12.1. The number of hydrogen-bond acceptors (Lipinski definition) is 2. The highest BCUT2D eigenvalue weighted by molar-refractivity contribution is 7.89. The molecule has 0 saturated heterocycles. The van der Waals surface area contributed by atoms with Gasteiger partial charge in [-0.3, -0.25) is 0 Å². The SMILES string of the molecule is CC.Cc1ccc(S(=O)(=O)N(C)C)cc1. The Labute approximate surface area is 92.8 Å². The highest BCUT2D eigenvalue weighted by Crippen LogP contribution is 2.12. The van der Waals surface area contributed by atoms with Crippen molar-refractivity contribution in [3.63, 3.8) is 0 Å². The molecule has 15 heavy (non-hydrogen) atoms. The molecular formula is C11H19NO2S. The van der Waals surface area contributed by atoms with Crippen LogP contribution in [0.15, 0.2) is 29.2 Å². The van der Waals surface area contributed by atoms with E-state index < -0.39 is 10.0 Å². The maximum Gasteiger partial charge on any atom is 0.242 e. The van der Waals surface area contributed by atoms with E-state index in [-0.39, 0.29) is 0 Å². The van der Waals surface area contributed by atoms with Gasteiger partial charge in [0.15, 0.2) is 0 Å². The van der Waals surface area contributed by atoms with Crippen LogP contribution in [0.3, 0.4) is 0 Å². The van der Waals surface area contributed by atoms with E-state index in [2.05, 4.69) is 0 Å². The number of nitrogens with zero attached hydrogens (tertiary/aromatic N) is 1. The molecule has 1 aromatic carbocycles. The Balaban J connectivity index is 0.000000921. The Morgan fingerprint density at radius 2 is 1.40 bits per heavy atom. The highest BCUT2D eigenvalue weighted by atomic mass is 32.2. The summed E-state index contributed by atoms with van der Waals surface area (Å²) in [4.78, 5) is 0.336. The van der Waals surface area contributed by atoms with Crippen LogP contribution in [-0.2, 0) is 10.0 Å². The van der Waals surface area contributed by atoms with E-state index in [4.69, 9.17) is 0 Å². The standard InChI is InChI=1S/C9H13NO2S.C2H6/c1-8-4-6-9(7-5-8)13(11,12)10(2)3;1-2/h4-7H,1-3H3;1-2H3. The van der Waals surface area contributed by atoms with Crippen LogP contribution in [0.1, 0.15) is 19.4 Å². The van der Waals surface area contributed by atoms with Gasteiger partial charge in [0, 0.05) is 14.1 Å². The van der Waals surface area contributed by atoms with Gasteiger partial charge in [0.05, 0.1) is 4.90 Å². The third kappa shape index (κ3) is 3.64. The first kappa shape index (κ1) is 14.1. The van der Waals surface area contributed by atoms with Gasteiger partial charge in [0.2, 0.25) is 10.0 Å². The lowest BCUT2D eigenvalue weighted by Gasteiger charge is -2.10. The molecule has 0 atom stereocenters. The molecule has 0 fully saturated rings. The van der Waals surface area contributed by atoms with Crippen LogP contribution in [0, 0.1) is 6.92 Å². The van der Waals surface area contributed by atoms with Crippen LogP contribution in [-0.4, -0.2) is 26.8 Å². The van der Waals surface area contributed by atoms with Gasteiger partial charge in [-0.05, 0) is 19.1 Å². The van der Waals surface area contributed by atoms with Crippen molar-refractivity contribution in [2.45, 2.75) is 25.7 Å². The number of hydrogen-bond donors (Lipinski definition) is 0. The Morgan fingerprint density at radius 1 is 1.00 bits per heavy atom.